The van der Waals surface area contributed by atoms with Gasteiger partial charge in [0.2, 0.25) is 0 Å². The number of thiazole rings is 1. The number of carbonyl (C=O) groups excluding carboxylic acids is 2. The molecule has 138 valence electrons. The van der Waals surface area contributed by atoms with Gasteiger partial charge in [-0.05, 0) is 25.5 Å². The minimum atomic E-state index is -0.585. The van der Waals surface area contributed by atoms with Gasteiger partial charge in [0.15, 0.2) is 17.4 Å². The number of ether oxygens (including phenoxy) is 1. The summed E-state index contributed by atoms with van der Waals surface area (Å²) in [5, 5.41) is 3.25. The summed E-state index contributed by atoms with van der Waals surface area (Å²) < 4.78 is 5.11. The third-order valence-corrected chi connectivity index (χ3v) is 4.82. The third kappa shape index (κ3) is 4.95. The van der Waals surface area contributed by atoms with Crippen molar-refractivity contribution in [1.29, 1.82) is 0 Å². The fourth-order valence-electron chi connectivity index (χ4n) is 2.25. The van der Waals surface area contributed by atoms with Gasteiger partial charge in [0.25, 0.3) is 5.91 Å². The summed E-state index contributed by atoms with van der Waals surface area (Å²) in [5.41, 5.74) is 2.65. The number of aromatic nitrogens is 3. The van der Waals surface area contributed by atoms with E-state index in [4.69, 9.17) is 4.74 Å². The zero-order valence-corrected chi connectivity index (χ0v) is 15.7. The Bertz CT molecular complexity index is 939. The van der Waals surface area contributed by atoms with E-state index in [2.05, 4.69) is 20.3 Å². The van der Waals surface area contributed by atoms with Gasteiger partial charge in [-0.25, -0.2) is 19.7 Å². The van der Waals surface area contributed by atoms with E-state index in [1.54, 1.807) is 25.4 Å². The molecule has 2 heterocycles. The Balaban J connectivity index is 1.54. The molecule has 1 aromatic carbocycles. The van der Waals surface area contributed by atoms with E-state index in [-0.39, 0.29) is 12.5 Å². The number of aryl methyl sites for hydroxylation is 2. The Hall–Kier alpha value is -3.13. The van der Waals surface area contributed by atoms with Crippen LogP contribution in [0.5, 0.6) is 0 Å². The molecule has 0 radical (unpaired) electrons. The van der Waals surface area contributed by atoms with Crippen LogP contribution in [0.4, 0.5) is 0 Å². The van der Waals surface area contributed by atoms with Crippen molar-refractivity contribution < 1.29 is 14.3 Å². The summed E-state index contributed by atoms with van der Waals surface area (Å²) in [7, 11) is 0. The van der Waals surface area contributed by atoms with E-state index in [0.29, 0.717) is 27.9 Å². The van der Waals surface area contributed by atoms with Crippen LogP contribution in [0.15, 0.2) is 42.7 Å². The lowest BCUT2D eigenvalue weighted by Gasteiger charge is -2.06. The summed E-state index contributed by atoms with van der Waals surface area (Å²) >= 11 is 1.14. The van der Waals surface area contributed by atoms with Gasteiger partial charge < -0.3 is 10.1 Å². The average Bonchev–Trinajstić information content (AvgIpc) is 3.08. The molecule has 0 spiro atoms. The molecular formula is C19H18N4O3S. The fourth-order valence-corrected chi connectivity index (χ4v) is 3.15. The molecule has 0 unspecified atom stereocenters. The molecule has 2 aromatic heterocycles. The predicted molar refractivity (Wildman–Crippen MR) is 101 cm³/mol. The van der Waals surface area contributed by atoms with Crippen LogP contribution in [-0.2, 0) is 16.1 Å². The van der Waals surface area contributed by atoms with Crippen molar-refractivity contribution in [2.75, 3.05) is 6.61 Å². The maximum atomic E-state index is 12.3. The van der Waals surface area contributed by atoms with Crippen LogP contribution in [0.3, 0.4) is 0 Å². The lowest BCUT2D eigenvalue weighted by Crippen LogP contribution is -2.28. The number of nitrogens with zero attached hydrogens (tertiary/aromatic N) is 3. The first-order valence-electron chi connectivity index (χ1n) is 8.27. The highest BCUT2D eigenvalue weighted by molar-refractivity contribution is 7.16. The van der Waals surface area contributed by atoms with Crippen LogP contribution < -0.4 is 5.32 Å². The molecule has 7 nitrogen and oxygen atoms in total. The standard InChI is InChI=1S/C19H18N4O3S/c1-12-4-6-14(7-5-12)10-22-15(24)11-26-19(25)16-13(2)23-18(27-16)17-20-8-3-9-21-17/h3-9H,10-11H2,1-2H3,(H,22,24). The summed E-state index contributed by atoms with van der Waals surface area (Å²) in [6, 6.07) is 9.53. The number of rotatable bonds is 6. The van der Waals surface area contributed by atoms with E-state index in [1.807, 2.05) is 31.2 Å². The van der Waals surface area contributed by atoms with Crippen LogP contribution in [0.1, 0.15) is 26.5 Å². The molecular weight excluding hydrogens is 364 g/mol. The van der Waals surface area contributed by atoms with Crippen LogP contribution in [-0.4, -0.2) is 33.4 Å². The lowest BCUT2D eigenvalue weighted by molar-refractivity contribution is -0.124. The van der Waals surface area contributed by atoms with Crippen molar-refractivity contribution in [2.24, 2.45) is 0 Å². The highest BCUT2D eigenvalue weighted by Gasteiger charge is 2.19. The van der Waals surface area contributed by atoms with Gasteiger partial charge in [0.05, 0.1) is 5.69 Å². The Morgan fingerprint density at radius 1 is 1.11 bits per heavy atom. The molecule has 8 heteroatoms. The number of nitrogens with one attached hydrogen (secondary N) is 1. The van der Waals surface area contributed by atoms with Crippen molar-refractivity contribution in [3.05, 3.63) is 64.4 Å². The molecule has 27 heavy (non-hydrogen) atoms. The smallest absolute Gasteiger partial charge is 0.350 e. The van der Waals surface area contributed by atoms with E-state index in [9.17, 15) is 9.59 Å². The second-order valence-corrected chi connectivity index (χ2v) is 6.84. The van der Waals surface area contributed by atoms with Gasteiger partial charge in [-0.15, -0.1) is 11.3 Å². The minimum absolute atomic E-state index is 0.337. The third-order valence-electron chi connectivity index (χ3n) is 3.68. The lowest BCUT2D eigenvalue weighted by atomic mass is 10.1. The van der Waals surface area contributed by atoms with Gasteiger partial charge in [0.1, 0.15) is 4.88 Å². The van der Waals surface area contributed by atoms with Crippen molar-refractivity contribution in [3.63, 3.8) is 0 Å². The van der Waals surface area contributed by atoms with Crippen LogP contribution in [0.2, 0.25) is 0 Å². The summed E-state index contributed by atoms with van der Waals surface area (Å²) in [5.74, 6) is -0.504. The monoisotopic (exact) mass is 382 g/mol. The number of benzene rings is 1. The zero-order chi connectivity index (χ0) is 19.2. The normalized spacial score (nSPS) is 10.4. The summed E-state index contributed by atoms with van der Waals surface area (Å²) in [6.45, 7) is 3.74. The van der Waals surface area contributed by atoms with E-state index in [1.165, 1.54) is 0 Å². The number of esters is 1. The fraction of sp³-hybridized carbons (Fsp3) is 0.211. The van der Waals surface area contributed by atoms with Crippen molar-refractivity contribution in [2.45, 2.75) is 20.4 Å². The number of amides is 1. The molecule has 0 saturated heterocycles. The first kappa shape index (κ1) is 18.7. The average molecular weight is 382 g/mol. The molecule has 1 N–H and O–H groups in total. The largest absolute Gasteiger partial charge is 0.451 e. The molecule has 0 fully saturated rings. The van der Waals surface area contributed by atoms with Crippen LogP contribution >= 0.6 is 11.3 Å². The van der Waals surface area contributed by atoms with E-state index < -0.39 is 5.97 Å². The molecule has 0 saturated carbocycles. The Labute approximate surface area is 160 Å². The first-order valence-corrected chi connectivity index (χ1v) is 9.09. The van der Waals surface area contributed by atoms with Gasteiger partial charge in [-0.1, -0.05) is 29.8 Å². The Kier molecular flexibility index (Phi) is 5.87. The molecule has 1 amide bonds. The second-order valence-electron chi connectivity index (χ2n) is 5.84. The van der Waals surface area contributed by atoms with E-state index >= 15 is 0 Å². The Morgan fingerprint density at radius 2 is 1.81 bits per heavy atom. The molecule has 0 bridgehead atoms. The molecule has 0 aliphatic rings. The van der Waals surface area contributed by atoms with Gasteiger partial charge >= 0.3 is 5.97 Å². The molecule has 0 aliphatic carbocycles. The second kappa shape index (κ2) is 8.50. The first-order chi connectivity index (χ1) is 13.0. The predicted octanol–water partition coefficient (Wildman–Crippen LogP) is 2.69. The molecule has 3 rings (SSSR count). The maximum Gasteiger partial charge on any atom is 0.350 e. The maximum absolute atomic E-state index is 12.3. The highest BCUT2D eigenvalue weighted by Crippen LogP contribution is 2.25. The van der Waals surface area contributed by atoms with Crippen molar-refractivity contribution in [3.8, 4) is 10.8 Å². The number of hydrogen-bond donors (Lipinski definition) is 1. The quantitative estimate of drug-likeness (QED) is 0.659. The number of carbonyl (C=O) groups is 2. The number of hydrogen-bond acceptors (Lipinski definition) is 7. The minimum Gasteiger partial charge on any atom is -0.451 e. The van der Waals surface area contributed by atoms with Crippen LogP contribution in [0.25, 0.3) is 10.8 Å². The van der Waals surface area contributed by atoms with E-state index in [0.717, 1.165) is 22.5 Å². The van der Waals surface area contributed by atoms with Gasteiger partial charge in [0, 0.05) is 18.9 Å². The highest BCUT2D eigenvalue weighted by atomic mass is 32.1. The van der Waals surface area contributed by atoms with Crippen molar-refractivity contribution in [1.82, 2.24) is 20.3 Å². The topological polar surface area (TPSA) is 94.1 Å². The van der Waals surface area contributed by atoms with Crippen LogP contribution in [0, 0.1) is 13.8 Å². The summed E-state index contributed by atoms with van der Waals surface area (Å²) in [4.78, 5) is 37.0. The SMILES string of the molecule is Cc1ccc(CNC(=O)COC(=O)c2sc(-c3ncccn3)nc2C)cc1. The van der Waals surface area contributed by atoms with Gasteiger partial charge in [-0.2, -0.15) is 0 Å². The zero-order valence-electron chi connectivity index (χ0n) is 14.9. The van der Waals surface area contributed by atoms with Crippen molar-refractivity contribution >= 4 is 23.2 Å². The summed E-state index contributed by atoms with van der Waals surface area (Å²) in [6.07, 6.45) is 3.21. The molecule has 0 aliphatic heterocycles. The molecule has 0 atom stereocenters. The van der Waals surface area contributed by atoms with Gasteiger partial charge in [-0.3, -0.25) is 4.79 Å². The molecule has 3 aromatic rings. The Morgan fingerprint density at radius 3 is 2.52 bits per heavy atom.